The van der Waals surface area contributed by atoms with E-state index in [9.17, 15) is 4.79 Å². The van der Waals surface area contributed by atoms with Gasteiger partial charge in [0.25, 0.3) is 5.91 Å². The Morgan fingerprint density at radius 1 is 1.16 bits per heavy atom. The molecule has 1 unspecified atom stereocenters. The number of methoxy groups -OCH3 is 1. The van der Waals surface area contributed by atoms with Crippen LogP contribution < -0.4 is 14.8 Å². The highest BCUT2D eigenvalue weighted by Gasteiger charge is 2.13. The molecule has 4 nitrogen and oxygen atoms in total. The van der Waals surface area contributed by atoms with Crippen molar-refractivity contribution in [2.24, 2.45) is 0 Å². The van der Waals surface area contributed by atoms with Gasteiger partial charge in [0, 0.05) is 18.1 Å². The third-order valence-corrected chi connectivity index (χ3v) is 4.67. The molecule has 0 aromatic heterocycles. The Morgan fingerprint density at radius 2 is 1.88 bits per heavy atom. The van der Waals surface area contributed by atoms with Crippen molar-refractivity contribution in [3.63, 3.8) is 0 Å². The maximum atomic E-state index is 12.1. The number of carbonyl (C=O) groups is 1. The molecule has 2 aromatic rings. The van der Waals surface area contributed by atoms with Crippen molar-refractivity contribution in [2.75, 3.05) is 19.4 Å². The number of hydrogen-bond donors (Lipinski definition) is 1. The molecule has 0 radical (unpaired) electrons. The number of carbonyl (C=O) groups excluding carboxylic acids is 1. The van der Waals surface area contributed by atoms with Gasteiger partial charge in [0.15, 0.2) is 6.10 Å². The Kier molecular flexibility index (Phi) is 7.67. The van der Waals surface area contributed by atoms with Crippen LogP contribution in [0.15, 0.2) is 48.5 Å². The number of rotatable bonds is 9. The van der Waals surface area contributed by atoms with E-state index in [0.717, 1.165) is 17.3 Å². The average Bonchev–Trinajstić information content (AvgIpc) is 2.62. The summed E-state index contributed by atoms with van der Waals surface area (Å²) in [5.41, 5.74) is 2.59. The van der Waals surface area contributed by atoms with Gasteiger partial charge in [-0.15, -0.1) is 0 Å². The minimum absolute atomic E-state index is 0.105. The van der Waals surface area contributed by atoms with Crippen LogP contribution in [0.5, 0.6) is 11.5 Å². The number of ether oxygens (including phenoxy) is 2. The van der Waals surface area contributed by atoms with Gasteiger partial charge in [-0.25, -0.2) is 0 Å². The van der Waals surface area contributed by atoms with Gasteiger partial charge >= 0.3 is 0 Å². The lowest BCUT2D eigenvalue weighted by Crippen LogP contribution is -2.37. The smallest absolute Gasteiger partial charge is 0.260 e. The van der Waals surface area contributed by atoms with Crippen LogP contribution in [0.25, 0.3) is 0 Å². The van der Waals surface area contributed by atoms with Gasteiger partial charge in [0.05, 0.1) is 7.11 Å². The van der Waals surface area contributed by atoms with Crippen molar-refractivity contribution in [3.05, 3.63) is 59.7 Å². The zero-order valence-corrected chi connectivity index (χ0v) is 15.8. The molecule has 0 aliphatic carbocycles. The Labute approximate surface area is 153 Å². The molecule has 25 heavy (non-hydrogen) atoms. The van der Waals surface area contributed by atoms with Crippen molar-refractivity contribution < 1.29 is 14.3 Å². The molecular weight excluding hydrogens is 334 g/mol. The van der Waals surface area contributed by atoms with E-state index in [-0.39, 0.29) is 5.91 Å². The van der Waals surface area contributed by atoms with Crippen molar-refractivity contribution >= 4 is 17.7 Å². The van der Waals surface area contributed by atoms with E-state index in [2.05, 4.69) is 36.5 Å². The van der Waals surface area contributed by atoms with Crippen LogP contribution in [-0.4, -0.2) is 31.4 Å². The number of benzene rings is 2. The van der Waals surface area contributed by atoms with Crippen molar-refractivity contribution in [3.8, 4) is 11.5 Å². The summed E-state index contributed by atoms with van der Waals surface area (Å²) in [6.45, 7) is 4.48. The fraction of sp³-hybridized carbons (Fsp3) is 0.350. The fourth-order valence-corrected chi connectivity index (χ4v) is 3.10. The second kappa shape index (κ2) is 9.99. The number of amides is 1. The maximum absolute atomic E-state index is 12.1. The van der Waals surface area contributed by atoms with Crippen LogP contribution in [0.1, 0.15) is 18.1 Å². The average molecular weight is 359 g/mol. The summed E-state index contributed by atoms with van der Waals surface area (Å²) < 4.78 is 10.7. The predicted molar refractivity (Wildman–Crippen MR) is 103 cm³/mol. The molecule has 0 aliphatic heterocycles. The second-order valence-electron chi connectivity index (χ2n) is 5.77. The van der Waals surface area contributed by atoms with Gasteiger partial charge in [0.1, 0.15) is 11.5 Å². The largest absolute Gasteiger partial charge is 0.497 e. The van der Waals surface area contributed by atoms with Crippen molar-refractivity contribution in [1.82, 2.24) is 5.32 Å². The van der Waals surface area contributed by atoms with Gasteiger partial charge < -0.3 is 14.8 Å². The van der Waals surface area contributed by atoms with E-state index < -0.39 is 6.10 Å². The number of nitrogens with one attached hydrogen (secondary N) is 1. The Balaban J connectivity index is 1.65. The summed E-state index contributed by atoms with van der Waals surface area (Å²) in [7, 11) is 1.61. The molecule has 0 fully saturated rings. The van der Waals surface area contributed by atoms with Crippen LogP contribution in [-0.2, 0) is 10.5 Å². The quantitative estimate of drug-likeness (QED) is 0.692. The summed E-state index contributed by atoms with van der Waals surface area (Å²) in [6.07, 6.45) is -0.532. The topological polar surface area (TPSA) is 47.6 Å². The monoisotopic (exact) mass is 359 g/mol. The molecule has 2 aromatic carbocycles. The first-order valence-electron chi connectivity index (χ1n) is 8.30. The molecule has 0 saturated carbocycles. The zero-order valence-electron chi connectivity index (χ0n) is 15.0. The molecule has 5 heteroatoms. The van der Waals surface area contributed by atoms with Gasteiger partial charge in [-0.1, -0.05) is 29.8 Å². The molecule has 0 spiro atoms. The molecule has 2 rings (SSSR count). The summed E-state index contributed by atoms with van der Waals surface area (Å²) >= 11 is 1.81. The van der Waals surface area contributed by atoms with Gasteiger partial charge in [-0.3, -0.25) is 4.79 Å². The molecule has 1 N–H and O–H groups in total. The summed E-state index contributed by atoms with van der Waals surface area (Å²) in [4.78, 5) is 12.1. The minimum Gasteiger partial charge on any atom is -0.497 e. The van der Waals surface area contributed by atoms with Crippen LogP contribution in [0.2, 0.25) is 0 Å². The summed E-state index contributed by atoms with van der Waals surface area (Å²) in [5, 5.41) is 2.91. The lowest BCUT2D eigenvalue weighted by Gasteiger charge is -2.15. The van der Waals surface area contributed by atoms with Crippen LogP contribution in [0.4, 0.5) is 0 Å². The first-order chi connectivity index (χ1) is 12.1. The van der Waals surface area contributed by atoms with E-state index in [1.807, 2.05) is 23.9 Å². The van der Waals surface area contributed by atoms with E-state index >= 15 is 0 Å². The van der Waals surface area contributed by atoms with Crippen LogP contribution >= 0.6 is 11.8 Å². The van der Waals surface area contributed by atoms with E-state index in [4.69, 9.17) is 9.47 Å². The first kappa shape index (κ1) is 19.2. The normalized spacial score (nSPS) is 11.6. The lowest BCUT2D eigenvalue weighted by molar-refractivity contribution is -0.127. The minimum atomic E-state index is -0.532. The maximum Gasteiger partial charge on any atom is 0.260 e. The molecule has 1 amide bonds. The molecule has 0 bridgehead atoms. The summed E-state index contributed by atoms with van der Waals surface area (Å²) in [5.74, 6) is 3.13. The number of aryl methyl sites for hydroxylation is 1. The van der Waals surface area contributed by atoms with Gasteiger partial charge in [0.2, 0.25) is 0 Å². The highest BCUT2D eigenvalue weighted by atomic mass is 32.2. The standard InChI is InChI=1S/C20H25NO3S/c1-15-5-4-6-17(13-15)14-25-12-11-21-20(22)16(2)24-19-9-7-18(23-3)8-10-19/h4-10,13,16H,11-12,14H2,1-3H3,(H,21,22). The Morgan fingerprint density at radius 3 is 2.56 bits per heavy atom. The highest BCUT2D eigenvalue weighted by molar-refractivity contribution is 7.98. The predicted octanol–water partition coefficient (Wildman–Crippen LogP) is 3.82. The molecule has 134 valence electrons. The van der Waals surface area contributed by atoms with Crippen LogP contribution in [0.3, 0.4) is 0 Å². The van der Waals surface area contributed by atoms with E-state index in [1.165, 1.54) is 11.1 Å². The van der Waals surface area contributed by atoms with Gasteiger partial charge in [-0.05, 0) is 43.7 Å². The number of hydrogen-bond acceptors (Lipinski definition) is 4. The van der Waals surface area contributed by atoms with Crippen molar-refractivity contribution in [2.45, 2.75) is 25.7 Å². The van der Waals surface area contributed by atoms with Gasteiger partial charge in [-0.2, -0.15) is 11.8 Å². The van der Waals surface area contributed by atoms with Crippen molar-refractivity contribution in [1.29, 1.82) is 0 Å². The lowest BCUT2D eigenvalue weighted by atomic mass is 10.2. The summed E-state index contributed by atoms with van der Waals surface area (Å²) in [6, 6.07) is 15.7. The SMILES string of the molecule is COc1ccc(OC(C)C(=O)NCCSCc2cccc(C)c2)cc1. The Hall–Kier alpha value is -2.14. The van der Waals surface area contributed by atoms with E-state index in [0.29, 0.717) is 12.3 Å². The molecular formula is C20H25NO3S. The van der Waals surface area contributed by atoms with E-state index in [1.54, 1.807) is 26.2 Å². The number of thioether (sulfide) groups is 1. The third kappa shape index (κ3) is 6.70. The first-order valence-corrected chi connectivity index (χ1v) is 9.45. The second-order valence-corrected chi connectivity index (χ2v) is 6.87. The molecule has 0 heterocycles. The van der Waals surface area contributed by atoms with Crippen LogP contribution in [0, 0.1) is 6.92 Å². The fourth-order valence-electron chi connectivity index (χ4n) is 2.29. The highest BCUT2D eigenvalue weighted by Crippen LogP contribution is 2.18. The third-order valence-electron chi connectivity index (χ3n) is 3.64. The molecule has 0 saturated heterocycles. The molecule has 1 atom stereocenters. The zero-order chi connectivity index (χ0) is 18.1. The molecule has 0 aliphatic rings. The Bertz CT molecular complexity index is 673.